The highest BCUT2D eigenvalue weighted by Gasteiger charge is 2.38. The molecule has 0 spiro atoms. The minimum absolute atomic E-state index is 0.0627. The van der Waals surface area contributed by atoms with E-state index in [0.717, 1.165) is 12.0 Å². The number of esters is 2. The standard InChI is InChI=1S/C25H28N2O6/c1-3-13-32-24(30)19-9-11-21(12-10-19)26-22(28)16-33-25(31)20-14-23(29)27(15-20)17(2)18-7-5-4-6-8-18/h4-12,17,20H,3,13-16H2,1-2H3,(H,26,28)/t17-,20+/m0/s1. The molecule has 1 saturated heterocycles. The van der Waals surface area contributed by atoms with E-state index in [0.29, 0.717) is 17.9 Å². The van der Waals surface area contributed by atoms with Gasteiger partial charge in [0.15, 0.2) is 6.61 Å². The number of amides is 2. The zero-order chi connectivity index (χ0) is 23.8. The summed E-state index contributed by atoms with van der Waals surface area (Å²) in [5.41, 5.74) is 1.83. The van der Waals surface area contributed by atoms with Crippen molar-refractivity contribution < 1.29 is 28.7 Å². The van der Waals surface area contributed by atoms with Gasteiger partial charge in [0.05, 0.1) is 24.1 Å². The first-order valence-electron chi connectivity index (χ1n) is 11.0. The van der Waals surface area contributed by atoms with Gasteiger partial charge in [0.2, 0.25) is 5.91 Å². The molecule has 3 rings (SSSR count). The molecule has 33 heavy (non-hydrogen) atoms. The molecule has 0 saturated carbocycles. The van der Waals surface area contributed by atoms with Gasteiger partial charge in [-0.05, 0) is 43.2 Å². The number of carbonyl (C=O) groups excluding carboxylic acids is 4. The Morgan fingerprint density at radius 3 is 2.42 bits per heavy atom. The summed E-state index contributed by atoms with van der Waals surface area (Å²) >= 11 is 0. The summed E-state index contributed by atoms with van der Waals surface area (Å²) < 4.78 is 10.2. The molecule has 2 aromatic rings. The van der Waals surface area contributed by atoms with Crippen molar-refractivity contribution in [3.8, 4) is 0 Å². The highest BCUT2D eigenvalue weighted by atomic mass is 16.5. The number of nitrogens with zero attached hydrogens (tertiary/aromatic N) is 1. The topological polar surface area (TPSA) is 102 Å². The van der Waals surface area contributed by atoms with Gasteiger partial charge in [0.1, 0.15) is 0 Å². The number of likely N-dealkylation sites (tertiary alicyclic amines) is 1. The molecule has 0 aliphatic carbocycles. The third kappa shape index (κ3) is 6.41. The van der Waals surface area contributed by atoms with Crippen molar-refractivity contribution in [3.05, 3.63) is 65.7 Å². The lowest BCUT2D eigenvalue weighted by Crippen LogP contribution is -2.30. The molecule has 0 radical (unpaired) electrons. The summed E-state index contributed by atoms with van der Waals surface area (Å²) in [4.78, 5) is 50.5. The van der Waals surface area contributed by atoms with E-state index in [1.807, 2.05) is 44.2 Å². The number of carbonyl (C=O) groups is 4. The van der Waals surface area contributed by atoms with Crippen molar-refractivity contribution in [1.29, 1.82) is 0 Å². The van der Waals surface area contributed by atoms with Crippen LogP contribution in [0, 0.1) is 5.92 Å². The molecule has 174 valence electrons. The number of hydrogen-bond acceptors (Lipinski definition) is 6. The molecule has 1 aliphatic rings. The Morgan fingerprint density at radius 1 is 1.06 bits per heavy atom. The second-order valence-corrected chi connectivity index (χ2v) is 7.90. The Kier molecular flexibility index (Phi) is 8.18. The van der Waals surface area contributed by atoms with Crippen molar-refractivity contribution in [2.45, 2.75) is 32.7 Å². The van der Waals surface area contributed by atoms with Crippen LogP contribution in [-0.4, -0.2) is 48.4 Å². The van der Waals surface area contributed by atoms with E-state index in [2.05, 4.69) is 5.32 Å². The predicted octanol–water partition coefficient (Wildman–Crippen LogP) is 3.34. The average molecular weight is 453 g/mol. The zero-order valence-electron chi connectivity index (χ0n) is 18.8. The van der Waals surface area contributed by atoms with Gasteiger partial charge in [-0.15, -0.1) is 0 Å². The first-order chi connectivity index (χ1) is 15.9. The Morgan fingerprint density at radius 2 is 1.76 bits per heavy atom. The summed E-state index contributed by atoms with van der Waals surface area (Å²) in [6.45, 7) is 3.97. The number of nitrogens with one attached hydrogen (secondary N) is 1. The van der Waals surface area contributed by atoms with Gasteiger partial charge < -0.3 is 19.7 Å². The normalized spacial score (nSPS) is 16.2. The molecule has 0 unspecified atom stereocenters. The van der Waals surface area contributed by atoms with Gasteiger partial charge in [-0.1, -0.05) is 37.3 Å². The third-order valence-corrected chi connectivity index (χ3v) is 5.43. The lowest BCUT2D eigenvalue weighted by atomic mass is 10.1. The summed E-state index contributed by atoms with van der Waals surface area (Å²) in [6.07, 6.45) is 0.797. The van der Waals surface area contributed by atoms with E-state index in [1.54, 1.807) is 29.2 Å². The highest BCUT2D eigenvalue weighted by molar-refractivity contribution is 5.95. The lowest BCUT2D eigenvalue weighted by Gasteiger charge is -2.25. The molecule has 2 atom stereocenters. The molecule has 2 amide bonds. The zero-order valence-corrected chi connectivity index (χ0v) is 18.8. The molecule has 0 bridgehead atoms. The highest BCUT2D eigenvalue weighted by Crippen LogP contribution is 2.29. The fraction of sp³-hybridized carbons (Fsp3) is 0.360. The Balaban J connectivity index is 1.46. The lowest BCUT2D eigenvalue weighted by molar-refractivity contribution is -0.151. The van der Waals surface area contributed by atoms with Crippen molar-refractivity contribution in [2.24, 2.45) is 5.92 Å². The van der Waals surface area contributed by atoms with E-state index in [-0.39, 0.29) is 24.9 Å². The van der Waals surface area contributed by atoms with E-state index in [1.165, 1.54) is 0 Å². The summed E-state index contributed by atoms with van der Waals surface area (Å²) in [6, 6.07) is 15.7. The number of benzene rings is 2. The number of rotatable bonds is 9. The average Bonchev–Trinajstić information content (AvgIpc) is 3.23. The van der Waals surface area contributed by atoms with E-state index < -0.39 is 30.4 Å². The monoisotopic (exact) mass is 452 g/mol. The SMILES string of the molecule is CCCOC(=O)c1ccc(NC(=O)COC(=O)[C@@H]2CC(=O)N([C@@H](C)c3ccccc3)C2)cc1. The molecule has 1 N–H and O–H groups in total. The van der Waals surface area contributed by atoms with Crippen molar-refractivity contribution in [3.63, 3.8) is 0 Å². The van der Waals surface area contributed by atoms with Crippen LogP contribution in [-0.2, 0) is 23.9 Å². The van der Waals surface area contributed by atoms with Crippen LogP contribution in [0.15, 0.2) is 54.6 Å². The van der Waals surface area contributed by atoms with Crippen molar-refractivity contribution in [1.82, 2.24) is 4.90 Å². The van der Waals surface area contributed by atoms with Gasteiger partial charge >= 0.3 is 11.9 Å². The maximum atomic E-state index is 12.4. The van der Waals surface area contributed by atoms with Crippen LogP contribution in [0.2, 0.25) is 0 Å². The van der Waals surface area contributed by atoms with Crippen LogP contribution in [0.3, 0.4) is 0 Å². The summed E-state index contributed by atoms with van der Waals surface area (Å²) in [5, 5.41) is 2.61. The maximum absolute atomic E-state index is 12.4. The molecule has 8 nitrogen and oxygen atoms in total. The van der Waals surface area contributed by atoms with Crippen LogP contribution in [0.5, 0.6) is 0 Å². The van der Waals surface area contributed by atoms with E-state index in [4.69, 9.17) is 9.47 Å². The second kappa shape index (κ2) is 11.3. The van der Waals surface area contributed by atoms with Crippen LogP contribution in [0.25, 0.3) is 0 Å². The van der Waals surface area contributed by atoms with Crippen LogP contribution >= 0.6 is 0 Å². The van der Waals surface area contributed by atoms with Crippen molar-refractivity contribution in [2.75, 3.05) is 25.1 Å². The van der Waals surface area contributed by atoms with Gasteiger partial charge in [-0.2, -0.15) is 0 Å². The second-order valence-electron chi connectivity index (χ2n) is 7.90. The maximum Gasteiger partial charge on any atom is 0.338 e. The first-order valence-corrected chi connectivity index (χ1v) is 11.0. The largest absolute Gasteiger partial charge is 0.462 e. The predicted molar refractivity (Wildman–Crippen MR) is 121 cm³/mol. The molecule has 1 aliphatic heterocycles. The smallest absolute Gasteiger partial charge is 0.338 e. The summed E-state index contributed by atoms with van der Waals surface area (Å²) in [7, 11) is 0. The minimum Gasteiger partial charge on any atom is -0.462 e. The van der Waals surface area contributed by atoms with Crippen LogP contribution in [0.1, 0.15) is 48.7 Å². The first kappa shape index (κ1) is 24.0. The van der Waals surface area contributed by atoms with Gasteiger partial charge in [-0.25, -0.2) is 4.79 Å². The fourth-order valence-corrected chi connectivity index (χ4v) is 3.59. The Bertz CT molecular complexity index is 990. The Labute approximate surface area is 192 Å². The fourth-order valence-electron chi connectivity index (χ4n) is 3.59. The number of ether oxygens (including phenoxy) is 2. The number of hydrogen-bond donors (Lipinski definition) is 1. The van der Waals surface area contributed by atoms with Gasteiger partial charge in [0.25, 0.3) is 5.91 Å². The third-order valence-electron chi connectivity index (χ3n) is 5.43. The van der Waals surface area contributed by atoms with Gasteiger partial charge in [-0.3, -0.25) is 14.4 Å². The van der Waals surface area contributed by atoms with Crippen LogP contribution in [0.4, 0.5) is 5.69 Å². The molecule has 0 aromatic heterocycles. The minimum atomic E-state index is -0.607. The molecular formula is C25H28N2O6. The molecular weight excluding hydrogens is 424 g/mol. The van der Waals surface area contributed by atoms with Gasteiger partial charge in [0, 0.05) is 18.7 Å². The number of anilines is 1. The summed E-state index contributed by atoms with van der Waals surface area (Å²) in [5.74, 6) is -2.23. The Hall–Kier alpha value is -3.68. The molecule has 1 fully saturated rings. The molecule has 1 heterocycles. The molecule has 8 heteroatoms. The van der Waals surface area contributed by atoms with Crippen LogP contribution < -0.4 is 5.32 Å². The molecule has 2 aromatic carbocycles. The van der Waals surface area contributed by atoms with E-state index >= 15 is 0 Å². The van der Waals surface area contributed by atoms with E-state index in [9.17, 15) is 19.2 Å². The quantitative estimate of drug-likeness (QED) is 0.586. The van der Waals surface area contributed by atoms with Crippen molar-refractivity contribution >= 4 is 29.4 Å².